The van der Waals surface area contributed by atoms with E-state index in [9.17, 15) is 9.18 Å². The molecule has 1 N–H and O–H groups in total. The third-order valence-corrected chi connectivity index (χ3v) is 3.39. The van der Waals surface area contributed by atoms with E-state index in [0.717, 1.165) is 3.57 Å². The summed E-state index contributed by atoms with van der Waals surface area (Å²) in [4.78, 5) is 10.7. The highest BCUT2D eigenvalue weighted by Crippen LogP contribution is 2.21. The third kappa shape index (κ3) is 3.44. The zero-order valence-electron chi connectivity index (χ0n) is 9.77. The highest BCUT2D eigenvalue weighted by atomic mass is 127. The lowest BCUT2D eigenvalue weighted by Crippen LogP contribution is -2.03. The Morgan fingerprint density at radius 1 is 1.26 bits per heavy atom. The van der Waals surface area contributed by atoms with Crippen LogP contribution in [0.1, 0.15) is 15.9 Å². The number of rotatable bonds is 4. The standard InChI is InChI=1S/C14H10FIO3/c15-11-7-9(5-6-10(11)14(17)18)8-19-13-4-2-1-3-12(13)16/h1-7H,8H2,(H,17,18). The van der Waals surface area contributed by atoms with Gasteiger partial charge in [-0.1, -0.05) is 18.2 Å². The summed E-state index contributed by atoms with van der Waals surface area (Å²) in [6.45, 7) is 0.191. The molecule has 3 nitrogen and oxygen atoms in total. The minimum Gasteiger partial charge on any atom is -0.488 e. The van der Waals surface area contributed by atoms with Gasteiger partial charge in [0, 0.05) is 0 Å². The van der Waals surface area contributed by atoms with Crippen molar-refractivity contribution in [2.45, 2.75) is 6.61 Å². The van der Waals surface area contributed by atoms with Crippen molar-refractivity contribution >= 4 is 28.6 Å². The highest BCUT2D eigenvalue weighted by molar-refractivity contribution is 14.1. The molecule has 2 rings (SSSR count). The monoisotopic (exact) mass is 372 g/mol. The average molecular weight is 372 g/mol. The molecule has 0 radical (unpaired) electrons. The molecule has 0 unspecified atom stereocenters. The van der Waals surface area contributed by atoms with Crippen molar-refractivity contribution in [3.63, 3.8) is 0 Å². The van der Waals surface area contributed by atoms with Gasteiger partial charge in [0.1, 0.15) is 18.2 Å². The zero-order valence-corrected chi connectivity index (χ0v) is 11.9. The van der Waals surface area contributed by atoms with Crippen molar-refractivity contribution in [1.29, 1.82) is 0 Å². The quantitative estimate of drug-likeness (QED) is 0.833. The second-order valence-corrected chi connectivity index (χ2v) is 5.00. The Labute approximate surface area is 123 Å². The van der Waals surface area contributed by atoms with Gasteiger partial charge in [0.2, 0.25) is 0 Å². The summed E-state index contributed by atoms with van der Waals surface area (Å²) in [6.07, 6.45) is 0. The van der Waals surface area contributed by atoms with Gasteiger partial charge in [-0.15, -0.1) is 0 Å². The van der Waals surface area contributed by atoms with Crippen LogP contribution < -0.4 is 4.74 Å². The lowest BCUT2D eigenvalue weighted by Gasteiger charge is -2.08. The minimum atomic E-state index is -1.28. The van der Waals surface area contributed by atoms with Crippen LogP contribution in [0, 0.1) is 9.39 Å². The van der Waals surface area contributed by atoms with Gasteiger partial charge < -0.3 is 9.84 Å². The fourth-order valence-corrected chi connectivity index (χ4v) is 2.09. The molecule has 0 atom stereocenters. The maximum Gasteiger partial charge on any atom is 0.338 e. The van der Waals surface area contributed by atoms with Crippen LogP contribution in [0.15, 0.2) is 42.5 Å². The first-order valence-corrected chi connectivity index (χ1v) is 6.55. The van der Waals surface area contributed by atoms with Crippen molar-refractivity contribution in [2.75, 3.05) is 0 Å². The molecule has 0 saturated heterocycles. The van der Waals surface area contributed by atoms with E-state index in [2.05, 4.69) is 22.6 Å². The van der Waals surface area contributed by atoms with E-state index < -0.39 is 11.8 Å². The van der Waals surface area contributed by atoms with E-state index >= 15 is 0 Å². The van der Waals surface area contributed by atoms with Gasteiger partial charge in [-0.25, -0.2) is 9.18 Å². The molecule has 0 amide bonds. The second-order valence-electron chi connectivity index (χ2n) is 3.84. The van der Waals surface area contributed by atoms with Crippen LogP contribution in [0.2, 0.25) is 0 Å². The molecular weight excluding hydrogens is 362 g/mol. The van der Waals surface area contributed by atoms with Gasteiger partial charge in [0.05, 0.1) is 9.13 Å². The Morgan fingerprint density at radius 3 is 2.63 bits per heavy atom. The first-order valence-electron chi connectivity index (χ1n) is 5.47. The Hall–Kier alpha value is -1.63. The molecule has 0 aliphatic rings. The second kappa shape index (κ2) is 6.01. The lowest BCUT2D eigenvalue weighted by molar-refractivity contribution is 0.0692. The number of aromatic carboxylic acids is 1. The first-order chi connectivity index (χ1) is 9.08. The van der Waals surface area contributed by atoms with Gasteiger partial charge in [-0.3, -0.25) is 0 Å². The number of para-hydroxylation sites is 1. The maximum atomic E-state index is 13.5. The Balaban J connectivity index is 2.11. The number of carboxylic acid groups (broad SMARTS) is 1. The van der Waals surface area contributed by atoms with E-state index in [0.29, 0.717) is 11.3 Å². The predicted molar refractivity (Wildman–Crippen MR) is 76.9 cm³/mol. The van der Waals surface area contributed by atoms with Gasteiger partial charge in [-0.2, -0.15) is 0 Å². The molecule has 2 aromatic rings. The van der Waals surface area contributed by atoms with Crippen molar-refractivity contribution in [3.05, 3.63) is 63.0 Å². The summed E-state index contributed by atoms with van der Waals surface area (Å²) < 4.78 is 20.0. The summed E-state index contributed by atoms with van der Waals surface area (Å²) in [5, 5.41) is 8.73. The van der Waals surface area contributed by atoms with Crippen LogP contribution in [0.25, 0.3) is 0 Å². The summed E-state index contributed by atoms with van der Waals surface area (Å²) >= 11 is 2.15. The van der Waals surface area contributed by atoms with Crippen LogP contribution in [0.3, 0.4) is 0 Å². The molecule has 0 saturated carbocycles. The molecule has 0 aliphatic heterocycles. The van der Waals surface area contributed by atoms with Gasteiger partial charge in [-0.05, 0) is 52.4 Å². The molecule has 98 valence electrons. The minimum absolute atomic E-state index is 0.191. The van der Waals surface area contributed by atoms with Gasteiger partial charge in [0.15, 0.2) is 0 Å². The van der Waals surface area contributed by atoms with E-state index in [1.165, 1.54) is 12.1 Å². The smallest absolute Gasteiger partial charge is 0.338 e. The number of hydrogen-bond donors (Lipinski definition) is 1. The third-order valence-electron chi connectivity index (χ3n) is 2.49. The molecule has 0 aromatic heterocycles. The van der Waals surface area contributed by atoms with Crippen molar-refractivity contribution in [1.82, 2.24) is 0 Å². The fraction of sp³-hybridized carbons (Fsp3) is 0.0714. The molecule has 0 aliphatic carbocycles. The number of carboxylic acids is 1. The zero-order chi connectivity index (χ0) is 13.8. The molecular formula is C14H10FIO3. The van der Waals surface area contributed by atoms with Crippen LogP contribution in [0.4, 0.5) is 4.39 Å². The SMILES string of the molecule is O=C(O)c1ccc(COc2ccccc2I)cc1F. The molecule has 0 bridgehead atoms. The van der Waals surface area contributed by atoms with Crippen LogP contribution >= 0.6 is 22.6 Å². The summed E-state index contributed by atoms with van der Waals surface area (Å²) in [5.74, 6) is -1.32. The topological polar surface area (TPSA) is 46.5 Å². The highest BCUT2D eigenvalue weighted by Gasteiger charge is 2.10. The normalized spacial score (nSPS) is 10.2. The van der Waals surface area contributed by atoms with Crippen molar-refractivity contribution < 1.29 is 19.0 Å². The Morgan fingerprint density at radius 2 is 2.00 bits per heavy atom. The van der Waals surface area contributed by atoms with E-state index in [1.54, 1.807) is 6.07 Å². The number of halogens is 2. The molecule has 5 heteroatoms. The summed E-state index contributed by atoms with van der Waals surface area (Å²) in [7, 11) is 0. The molecule has 19 heavy (non-hydrogen) atoms. The maximum absolute atomic E-state index is 13.5. The van der Waals surface area contributed by atoms with E-state index in [-0.39, 0.29) is 12.2 Å². The number of carbonyl (C=O) groups is 1. The fourth-order valence-electron chi connectivity index (χ4n) is 1.54. The van der Waals surface area contributed by atoms with Crippen LogP contribution in [-0.2, 0) is 6.61 Å². The molecule has 2 aromatic carbocycles. The van der Waals surface area contributed by atoms with Gasteiger partial charge in [0.25, 0.3) is 0 Å². The summed E-state index contributed by atoms with van der Waals surface area (Å²) in [6, 6.07) is 11.4. The number of ether oxygens (including phenoxy) is 1. The first kappa shape index (κ1) is 13.8. The molecule has 0 heterocycles. The van der Waals surface area contributed by atoms with E-state index in [1.807, 2.05) is 24.3 Å². The Kier molecular flexibility index (Phi) is 4.36. The Bertz CT molecular complexity index is 613. The van der Waals surface area contributed by atoms with Crippen LogP contribution in [-0.4, -0.2) is 11.1 Å². The van der Waals surface area contributed by atoms with E-state index in [4.69, 9.17) is 9.84 Å². The molecule has 0 spiro atoms. The average Bonchev–Trinajstić information content (AvgIpc) is 2.37. The van der Waals surface area contributed by atoms with Crippen molar-refractivity contribution in [2.24, 2.45) is 0 Å². The van der Waals surface area contributed by atoms with Crippen LogP contribution in [0.5, 0.6) is 5.75 Å². The largest absolute Gasteiger partial charge is 0.488 e. The summed E-state index contributed by atoms with van der Waals surface area (Å²) in [5.41, 5.74) is 0.250. The lowest BCUT2D eigenvalue weighted by atomic mass is 10.1. The predicted octanol–water partition coefficient (Wildman–Crippen LogP) is 3.71. The number of benzene rings is 2. The van der Waals surface area contributed by atoms with Gasteiger partial charge >= 0.3 is 5.97 Å². The molecule has 0 fully saturated rings. The van der Waals surface area contributed by atoms with Crippen molar-refractivity contribution in [3.8, 4) is 5.75 Å². The number of hydrogen-bond acceptors (Lipinski definition) is 2.